The van der Waals surface area contributed by atoms with Gasteiger partial charge in [-0.1, -0.05) is 60.9 Å². The minimum atomic E-state index is -1.62. The van der Waals surface area contributed by atoms with E-state index in [1.165, 1.54) is 12.1 Å². The molecule has 0 aliphatic heterocycles. The highest BCUT2D eigenvalue weighted by Gasteiger charge is 2.74. The zero-order chi connectivity index (χ0) is 33.4. The van der Waals surface area contributed by atoms with Gasteiger partial charge in [0.1, 0.15) is 16.7 Å². The van der Waals surface area contributed by atoms with E-state index >= 15 is 4.79 Å². The maximum Gasteiger partial charge on any atom is 0.184 e. The maximum atomic E-state index is 15.2. The van der Waals surface area contributed by atoms with Gasteiger partial charge < -0.3 is 15.3 Å². The molecule has 3 N–H and O–H groups in total. The molecule has 238 valence electrons. The molecule has 1 aromatic carbocycles. The number of allylic oxidation sites excluding steroid dienone is 8. The molecule has 2 aliphatic carbocycles. The van der Waals surface area contributed by atoms with Crippen LogP contribution < -0.4 is 0 Å². The van der Waals surface area contributed by atoms with Crippen LogP contribution in [0.15, 0.2) is 70.9 Å². The number of ketones is 3. The number of phenolic OH excluding ortho intramolecular Hbond substituents is 2. The Bertz CT molecular complexity index is 1490. The minimum Gasteiger partial charge on any atom is -0.506 e. The van der Waals surface area contributed by atoms with Crippen molar-refractivity contribution < 1.29 is 29.7 Å². The van der Waals surface area contributed by atoms with E-state index in [0.717, 1.165) is 28.4 Å². The third kappa shape index (κ3) is 6.00. The minimum absolute atomic E-state index is 0.0110. The highest BCUT2D eigenvalue weighted by molar-refractivity contribution is 6.41. The summed E-state index contributed by atoms with van der Waals surface area (Å²) in [6, 6.07) is 3.65. The average molecular weight is 603 g/mol. The van der Waals surface area contributed by atoms with Crippen molar-refractivity contribution >= 4 is 23.1 Å². The lowest BCUT2D eigenvalue weighted by Crippen LogP contribution is -2.69. The van der Waals surface area contributed by atoms with Gasteiger partial charge in [0, 0.05) is 5.56 Å². The van der Waals surface area contributed by atoms with Crippen LogP contribution in [0.2, 0.25) is 0 Å². The first-order chi connectivity index (χ1) is 20.3. The smallest absolute Gasteiger partial charge is 0.184 e. The van der Waals surface area contributed by atoms with Crippen molar-refractivity contribution in [3.63, 3.8) is 0 Å². The van der Waals surface area contributed by atoms with E-state index in [9.17, 15) is 24.9 Å². The molecule has 2 bridgehead atoms. The number of fused-ring (bicyclic) bond motifs is 2. The number of carbonyl (C=O) groups excluding carboxylic acids is 3. The van der Waals surface area contributed by atoms with E-state index in [0.29, 0.717) is 12.8 Å². The molecule has 0 heterocycles. The molecule has 4 atom stereocenters. The second kappa shape index (κ2) is 12.7. The van der Waals surface area contributed by atoms with Crippen LogP contribution in [0, 0.1) is 28.1 Å². The molecular weight excluding hydrogens is 552 g/mol. The predicted octanol–water partition coefficient (Wildman–Crippen LogP) is 8.76. The SMILES string of the molecule is C=C(C)[C@H](CC=C(C)C)C[C@@]12C[C@@H](CC=C(C)C)C(C)(C)C(CC=C(C)C)(C(=O)C(=C(O)c3ccc(O)c(O)c3)C1=O)C2=O. The molecule has 0 amide bonds. The molecule has 1 unspecified atom stereocenters. The van der Waals surface area contributed by atoms with Crippen molar-refractivity contribution in [1.29, 1.82) is 0 Å². The summed E-state index contributed by atoms with van der Waals surface area (Å²) in [4.78, 5) is 44.9. The Morgan fingerprint density at radius 2 is 1.50 bits per heavy atom. The molecule has 0 radical (unpaired) electrons. The van der Waals surface area contributed by atoms with Gasteiger partial charge in [-0.15, -0.1) is 0 Å². The zero-order valence-corrected chi connectivity index (χ0v) is 27.9. The Balaban J connectivity index is 2.47. The largest absolute Gasteiger partial charge is 0.506 e. The standard InChI is InChI=1S/C38H50O6/c1-22(2)11-13-27(25(7)8)20-37-21-28(15-12-23(3)4)36(9,10)38(35(37)44,18-17-24(5)6)34(43)31(33(37)42)32(41)26-14-16-29(39)30(40)19-26/h11-12,14,16-17,19,27-28,39-41H,7,13,15,18,20-21H2,1-6,8-10H3/t27-,28-,37-,38?/m1/s1. The van der Waals surface area contributed by atoms with E-state index in [-0.39, 0.29) is 42.4 Å². The van der Waals surface area contributed by atoms with Gasteiger partial charge >= 0.3 is 0 Å². The molecule has 2 aliphatic rings. The van der Waals surface area contributed by atoms with Crippen molar-refractivity contribution in [1.82, 2.24) is 0 Å². The molecule has 0 aromatic heterocycles. The fourth-order valence-electron chi connectivity index (χ4n) is 7.08. The second-order valence-corrected chi connectivity index (χ2v) is 14.3. The van der Waals surface area contributed by atoms with E-state index in [1.54, 1.807) is 0 Å². The lowest BCUT2D eigenvalue weighted by molar-refractivity contribution is -0.177. The normalized spacial score (nSPS) is 26.0. The number of aromatic hydroxyl groups is 2. The van der Waals surface area contributed by atoms with Crippen LogP contribution in [0.3, 0.4) is 0 Å². The van der Waals surface area contributed by atoms with Crippen LogP contribution in [-0.4, -0.2) is 32.7 Å². The third-order valence-electron chi connectivity index (χ3n) is 10.0. The van der Waals surface area contributed by atoms with Crippen molar-refractivity contribution in [3.05, 3.63) is 76.4 Å². The molecule has 3 rings (SSSR count). The monoisotopic (exact) mass is 602 g/mol. The Morgan fingerprint density at radius 3 is 2.02 bits per heavy atom. The van der Waals surface area contributed by atoms with E-state index < -0.39 is 50.6 Å². The van der Waals surface area contributed by atoms with Crippen LogP contribution in [0.1, 0.15) is 100.0 Å². The highest BCUT2D eigenvalue weighted by Crippen LogP contribution is 2.66. The van der Waals surface area contributed by atoms with Crippen LogP contribution >= 0.6 is 0 Å². The van der Waals surface area contributed by atoms with Crippen LogP contribution in [-0.2, 0) is 14.4 Å². The van der Waals surface area contributed by atoms with Gasteiger partial charge in [-0.05, 0) is 116 Å². The lowest BCUT2D eigenvalue weighted by Gasteiger charge is -2.60. The van der Waals surface area contributed by atoms with Gasteiger partial charge in [0.2, 0.25) is 0 Å². The van der Waals surface area contributed by atoms with Crippen molar-refractivity contribution in [2.75, 3.05) is 0 Å². The number of hydrogen-bond acceptors (Lipinski definition) is 6. The molecule has 2 fully saturated rings. The second-order valence-electron chi connectivity index (χ2n) is 14.3. The number of hydrogen-bond donors (Lipinski definition) is 3. The summed E-state index contributed by atoms with van der Waals surface area (Å²) in [6.45, 7) is 21.9. The van der Waals surface area contributed by atoms with Gasteiger partial charge in [-0.25, -0.2) is 0 Å². The molecule has 1 aromatic rings. The quantitative estimate of drug-likeness (QED) is 0.0616. The van der Waals surface area contributed by atoms with Crippen LogP contribution in [0.25, 0.3) is 5.76 Å². The van der Waals surface area contributed by atoms with E-state index in [4.69, 9.17) is 0 Å². The first-order valence-electron chi connectivity index (χ1n) is 15.5. The fraction of sp³-hybridized carbons (Fsp3) is 0.500. The first kappa shape index (κ1) is 34.8. The van der Waals surface area contributed by atoms with Crippen LogP contribution in [0.4, 0.5) is 0 Å². The summed E-state index contributed by atoms with van der Waals surface area (Å²) in [5.74, 6) is -3.61. The van der Waals surface area contributed by atoms with Crippen molar-refractivity contribution in [3.8, 4) is 11.5 Å². The Morgan fingerprint density at radius 1 is 0.909 bits per heavy atom. The highest BCUT2D eigenvalue weighted by atomic mass is 16.3. The number of aliphatic hydroxyl groups is 1. The van der Waals surface area contributed by atoms with Crippen molar-refractivity contribution in [2.24, 2.45) is 28.1 Å². The van der Waals surface area contributed by atoms with E-state index in [1.807, 2.05) is 68.4 Å². The molecule has 44 heavy (non-hydrogen) atoms. The number of benzene rings is 1. The Kier molecular flexibility index (Phi) is 10.1. The Labute approximate surface area is 263 Å². The van der Waals surface area contributed by atoms with Crippen LogP contribution in [0.5, 0.6) is 11.5 Å². The molecule has 6 heteroatoms. The zero-order valence-electron chi connectivity index (χ0n) is 27.9. The maximum absolute atomic E-state index is 15.2. The molecular formula is C38H50O6. The number of phenols is 2. The number of rotatable bonds is 10. The van der Waals surface area contributed by atoms with Gasteiger partial charge in [0.15, 0.2) is 28.8 Å². The lowest BCUT2D eigenvalue weighted by atomic mass is 9.38. The summed E-state index contributed by atoms with van der Waals surface area (Å²) in [6.07, 6.45) is 7.79. The third-order valence-corrected chi connectivity index (χ3v) is 10.0. The number of carbonyl (C=O) groups is 3. The predicted molar refractivity (Wildman–Crippen MR) is 176 cm³/mol. The summed E-state index contributed by atoms with van der Waals surface area (Å²) in [7, 11) is 0. The van der Waals surface area contributed by atoms with Crippen molar-refractivity contribution in [2.45, 2.75) is 94.4 Å². The summed E-state index contributed by atoms with van der Waals surface area (Å²) in [5, 5.41) is 31.7. The topological polar surface area (TPSA) is 112 Å². The Hall–Kier alpha value is -3.67. The summed E-state index contributed by atoms with van der Waals surface area (Å²) < 4.78 is 0. The fourth-order valence-corrected chi connectivity index (χ4v) is 7.08. The summed E-state index contributed by atoms with van der Waals surface area (Å²) >= 11 is 0. The number of aliphatic hydroxyl groups excluding tert-OH is 1. The first-order valence-corrected chi connectivity index (χ1v) is 15.5. The van der Waals surface area contributed by atoms with Gasteiger partial charge in [-0.3, -0.25) is 14.4 Å². The molecule has 6 nitrogen and oxygen atoms in total. The van der Waals surface area contributed by atoms with Gasteiger partial charge in [-0.2, -0.15) is 0 Å². The van der Waals surface area contributed by atoms with Gasteiger partial charge in [0.05, 0.1) is 5.41 Å². The van der Waals surface area contributed by atoms with Gasteiger partial charge in [0.25, 0.3) is 0 Å². The number of Topliss-reactive ketones (excluding diaryl/α,β-unsaturated/α-hetero) is 3. The molecule has 0 spiro atoms. The summed E-state index contributed by atoms with van der Waals surface area (Å²) in [5.41, 5.74) is -0.453. The average Bonchev–Trinajstić information content (AvgIpc) is 2.91. The molecule has 2 saturated carbocycles. The molecule has 0 saturated heterocycles. The van der Waals surface area contributed by atoms with E-state index in [2.05, 4.69) is 18.7 Å².